The van der Waals surface area contributed by atoms with Crippen molar-refractivity contribution in [2.24, 2.45) is 5.92 Å². The molecule has 2 saturated heterocycles. The molecular weight excluding hydrogens is 448 g/mol. The maximum atomic E-state index is 12.5. The maximum Gasteiger partial charge on any atom is 0.414 e. The number of carbonyl (C=O) groups is 3. The van der Waals surface area contributed by atoms with Gasteiger partial charge >= 0.3 is 11.9 Å². The largest absolute Gasteiger partial charge is 0.473 e. The standard InChI is InChI=1S/C25H30N2O2.C2H2O4/c28-25(20-26-16-18-29-19-17-26)27-14-12-22(13-15-27)7-6-21-8-10-24(11-9-21)23-4-2-1-3-5-23;3-1(4)2(5)6/h1-11,22H,12-20H2;(H,3,4)(H,5,6)/b7-6+;. The van der Waals surface area contributed by atoms with Gasteiger partial charge in [-0.15, -0.1) is 0 Å². The highest BCUT2D eigenvalue weighted by Gasteiger charge is 2.23. The lowest BCUT2D eigenvalue weighted by atomic mass is 9.95. The second-order valence-corrected chi connectivity index (χ2v) is 8.56. The summed E-state index contributed by atoms with van der Waals surface area (Å²) in [6.45, 7) is 5.49. The number of likely N-dealkylation sites (tertiary alicyclic amines) is 1. The van der Waals surface area contributed by atoms with Crippen LogP contribution in [0, 0.1) is 5.92 Å². The third kappa shape index (κ3) is 8.66. The molecule has 0 aliphatic carbocycles. The lowest BCUT2D eigenvalue weighted by Gasteiger charge is -2.33. The second-order valence-electron chi connectivity index (χ2n) is 8.56. The van der Waals surface area contributed by atoms with E-state index in [2.05, 4.69) is 65.6 Å². The lowest BCUT2D eigenvalue weighted by Crippen LogP contribution is -2.46. The molecule has 0 aromatic heterocycles. The Morgan fingerprint density at radius 1 is 0.829 bits per heavy atom. The number of carbonyl (C=O) groups excluding carboxylic acids is 1. The minimum atomic E-state index is -1.82. The molecule has 2 aromatic rings. The SMILES string of the molecule is O=C(CN1CCOCC1)N1CCC(/C=C/c2ccc(-c3ccccc3)cc2)CC1.O=C(O)C(=O)O. The Kier molecular flexibility index (Phi) is 10.0. The first-order chi connectivity index (χ1) is 16.9. The molecule has 2 fully saturated rings. The van der Waals surface area contributed by atoms with Crippen LogP contribution in [0.2, 0.25) is 0 Å². The second kappa shape index (κ2) is 13.4. The number of hydrogen-bond donors (Lipinski definition) is 2. The highest BCUT2D eigenvalue weighted by molar-refractivity contribution is 6.27. The van der Waals surface area contributed by atoms with E-state index in [1.807, 2.05) is 11.0 Å². The van der Waals surface area contributed by atoms with Gasteiger partial charge in [0, 0.05) is 26.2 Å². The molecule has 2 heterocycles. The zero-order valence-corrected chi connectivity index (χ0v) is 19.7. The van der Waals surface area contributed by atoms with Crippen LogP contribution in [0.3, 0.4) is 0 Å². The fraction of sp³-hybridized carbons (Fsp3) is 0.370. The summed E-state index contributed by atoms with van der Waals surface area (Å²) in [7, 11) is 0. The molecule has 2 aliphatic heterocycles. The molecule has 2 aromatic carbocycles. The number of allylic oxidation sites excluding steroid dienone is 1. The maximum absolute atomic E-state index is 12.5. The Morgan fingerprint density at radius 2 is 1.40 bits per heavy atom. The Morgan fingerprint density at radius 3 is 1.97 bits per heavy atom. The van der Waals surface area contributed by atoms with Crippen molar-refractivity contribution in [3.8, 4) is 11.1 Å². The summed E-state index contributed by atoms with van der Waals surface area (Å²) in [5.41, 5.74) is 3.72. The molecule has 186 valence electrons. The van der Waals surface area contributed by atoms with Gasteiger partial charge in [0.1, 0.15) is 0 Å². The van der Waals surface area contributed by atoms with Gasteiger partial charge in [-0.05, 0) is 35.4 Å². The van der Waals surface area contributed by atoms with E-state index >= 15 is 0 Å². The molecule has 8 heteroatoms. The van der Waals surface area contributed by atoms with Crippen LogP contribution in [-0.4, -0.2) is 83.8 Å². The fourth-order valence-electron chi connectivity index (χ4n) is 4.06. The van der Waals surface area contributed by atoms with Crippen molar-refractivity contribution in [2.75, 3.05) is 45.9 Å². The van der Waals surface area contributed by atoms with Crippen LogP contribution in [0.25, 0.3) is 17.2 Å². The number of carboxylic acids is 2. The summed E-state index contributed by atoms with van der Waals surface area (Å²) >= 11 is 0. The number of aliphatic carboxylic acids is 2. The van der Waals surface area contributed by atoms with Crippen LogP contribution in [0.1, 0.15) is 18.4 Å². The molecule has 35 heavy (non-hydrogen) atoms. The van der Waals surface area contributed by atoms with Crippen molar-refractivity contribution < 1.29 is 29.3 Å². The molecule has 0 unspecified atom stereocenters. The van der Waals surface area contributed by atoms with E-state index < -0.39 is 11.9 Å². The van der Waals surface area contributed by atoms with Crippen molar-refractivity contribution in [1.82, 2.24) is 9.80 Å². The highest BCUT2D eigenvalue weighted by atomic mass is 16.5. The predicted octanol–water partition coefficient (Wildman–Crippen LogP) is 3.09. The highest BCUT2D eigenvalue weighted by Crippen LogP contribution is 2.22. The summed E-state index contributed by atoms with van der Waals surface area (Å²) in [6.07, 6.45) is 6.65. The van der Waals surface area contributed by atoms with E-state index in [1.54, 1.807) is 0 Å². The molecule has 0 radical (unpaired) electrons. The number of piperidine rings is 1. The van der Waals surface area contributed by atoms with E-state index in [0.717, 1.165) is 52.2 Å². The van der Waals surface area contributed by atoms with Crippen molar-refractivity contribution in [3.63, 3.8) is 0 Å². The summed E-state index contributed by atoms with van der Waals surface area (Å²) in [5, 5.41) is 14.8. The number of nitrogens with zero attached hydrogens (tertiary/aromatic N) is 2. The number of rotatable bonds is 5. The molecule has 1 amide bonds. The monoisotopic (exact) mass is 480 g/mol. The summed E-state index contributed by atoms with van der Waals surface area (Å²) in [6, 6.07) is 19.2. The lowest BCUT2D eigenvalue weighted by molar-refractivity contribution is -0.159. The van der Waals surface area contributed by atoms with E-state index in [4.69, 9.17) is 24.5 Å². The van der Waals surface area contributed by atoms with Gasteiger partial charge in [0.05, 0.1) is 19.8 Å². The van der Waals surface area contributed by atoms with Crippen molar-refractivity contribution in [1.29, 1.82) is 0 Å². The van der Waals surface area contributed by atoms with Crippen molar-refractivity contribution in [2.45, 2.75) is 12.8 Å². The van der Waals surface area contributed by atoms with Gasteiger partial charge in [-0.3, -0.25) is 9.69 Å². The Bertz CT molecular complexity index is 980. The predicted molar refractivity (Wildman–Crippen MR) is 133 cm³/mol. The number of amides is 1. The minimum absolute atomic E-state index is 0.269. The smallest absolute Gasteiger partial charge is 0.414 e. The number of ether oxygens (including phenoxy) is 1. The third-order valence-corrected chi connectivity index (χ3v) is 6.12. The van der Waals surface area contributed by atoms with E-state index in [-0.39, 0.29) is 5.91 Å². The molecule has 0 atom stereocenters. The van der Waals surface area contributed by atoms with Gasteiger partial charge in [0.15, 0.2) is 0 Å². The van der Waals surface area contributed by atoms with Gasteiger partial charge in [0.25, 0.3) is 0 Å². The van der Waals surface area contributed by atoms with Gasteiger partial charge in [-0.25, -0.2) is 9.59 Å². The normalized spacial score (nSPS) is 17.0. The van der Waals surface area contributed by atoms with Gasteiger partial charge in [-0.1, -0.05) is 66.7 Å². The van der Waals surface area contributed by atoms with Crippen LogP contribution < -0.4 is 0 Å². The third-order valence-electron chi connectivity index (χ3n) is 6.12. The van der Waals surface area contributed by atoms with Gasteiger partial charge < -0.3 is 19.8 Å². The Balaban J connectivity index is 0.000000509. The average Bonchev–Trinajstić information content (AvgIpc) is 2.89. The molecule has 8 nitrogen and oxygen atoms in total. The zero-order chi connectivity index (χ0) is 25.0. The number of morpholine rings is 1. The van der Waals surface area contributed by atoms with Crippen LogP contribution in [0.15, 0.2) is 60.7 Å². The zero-order valence-electron chi connectivity index (χ0n) is 19.7. The molecule has 0 bridgehead atoms. The van der Waals surface area contributed by atoms with Gasteiger partial charge in [-0.2, -0.15) is 0 Å². The van der Waals surface area contributed by atoms with Crippen LogP contribution in [-0.2, 0) is 19.1 Å². The van der Waals surface area contributed by atoms with Gasteiger partial charge in [0.2, 0.25) is 5.91 Å². The Hall–Kier alpha value is -3.49. The van der Waals surface area contributed by atoms with Crippen LogP contribution in [0.5, 0.6) is 0 Å². The number of benzene rings is 2. The fourth-order valence-corrected chi connectivity index (χ4v) is 4.06. The quantitative estimate of drug-likeness (QED) is 0.633. The number of hydrogen-bond acceptors (Lipinski definition) is 5. The van der Waals surface area contributed by atoms with E-state index in [9.17, 15) is 4.79 Å². The molecule has 4 rings (SSSR count). The summed E-state index contributed by atoms with van der Waals surface area (Å²) < 4.78 is 5.36. The summed E-state index contributed by atoms with van der Waals surface area (Å²) in [5.74, 6) is -2.83. The van der Waals surface area contributed by atoms with Crippen LogP contribution >= 0.6 is 0 Å². The first kappa shape index (κ1) is 26.1. The van der Waals surface area contributed by atoms with E-state index in [1.165, 1.54) is 16.7 Å². The molecule has 2 N–H and O–H groups in total. The number of carboxylic acid groups (broad SMARTS) is 2. The Labute approximate surface area is 205 Å². The molecule has 0 spiro atoms. The molecule has 0 saturated carbocycles. The van der Waals surface area contributed by atoms with Crippen LogP contribution in [0.4, 0.5) is 0 Å². The van der Waals surface area contributed by atoms with E-state index in [0.29, 0.717) is 12.5 Å². The minimum Gasteiger partial charge on any atom is -0.473 e. The molecular formula is C27H32N2O6. The van der Waals surface area contributed by atoms with Crippen molar-refractivity contribution in [3.05, 3.63) is 66.2 Å². The first-order valence-corrected chi connectivity index (χ1v) is 11.8. The first-order valence-electron chi connectivity index (χ1n) is 11.8. The molecule has 2 aliphatic rings. The average molecular weight is 481 g/mol. The van der Waals surface area contributed by atoms with Crippen molar-refractivity contribution >= 4 is 23.9 Å². The summed E-state index contributed by atoms with van der Waals surface area (Å²) in [4.78, 5) is 35.0. The topological polar surface area (TPSA) is 107 Å².